The van der Waals surface area contributed by atoms with E-state index < -0.39 is 0 Å². The summed E-state index contributed by atoms with van der Waals surface area (Å²) >= 11 is 0. The van der Waals surface area contributed by atoms with Crippen LogP contribution in [0.25, 0.3) is 0 Å². The van der Waals surface area contributed by atoms with Crippen molar-refractivity contribution in [2.24, 2.45) is 17.3 Å². The van der Waals surface area contributed by atoms with Crippen LogP contribution in [-0.4, -0.2) is 25.3 Å². The van der Waals surface area contributed by atoms with Crippen molar-refractivity contribution in [3.8, 4) is 0 Å². The van der Waals surface area contributed by atoms with E-state index in [1.807, 2.05) is 0 Å². The van der Waals surface area contributed by atoms with E-state index in [4.69, 9.17) is 9.47 Å². The molecular formula is C14H22O3. The predicted molar refractivity (Wildman–Crippen MR) is 65.5 cm³/mol. The largest absolute Gasteiger partial charge is 0.465 e. The van der Waals surface area contributed by atoms with Gasteiger partial charge in [0.1, 0.15) is 0 Å². The van der Waals surface area contributed by atoms with Gasteiger partial charge in [-0.3, -0.25) is 4.79 Å². The lowest BCUT2D eigenvalue weighted by Crippen LogP contribution is -2.50. The molecule has 0 radical (unpaired) electrons. The molecule has 0 aromatic rings. The zero-order valence-corrected chi connectivity index (χ0v) is 11.2. The van der Waals surface area contributed by atoms with Crippen molar-refractivity contribution in [1.82, 2.24) is 0 Å². The number of carbonyl (C=O) groups is 1. The van der Waals surface area contributed by atoms with Crippen molar-refractivity contribution in [2.75, 3.05) is 13.2 Å². The van der Waals surface area contributed by atoms with Crippen LogP contribution in [0.2, 0.25) is 0 Å². The Hall–Kier alpha value is -0.830. The molecule has 1 saturated heterocycles. The van der Waals surface area contributed by atoms with Gasteiger partial charge in [0.05, 0.1) is 19.3 Å². The number of rotatable bonds is 2. The molecule has 17 heavy (non-hydrogen) atoms. The number of ether oxygens (including phenoxy) is 2. The molecule has 1 fully saturated rings. The van der Waals surface area contributed by atoms with Gasteiger partial charge in [0, 0.05) is 18.3 Å². The van der Waals surface area contributed by atoms with E-state index in [1.165, 1.54) is 12.5 Å². The van der Waals surface area contributed by atoms with Crippen LogP contribution in [-0.2, 0) is 14.3 Å². The Morgan fingerprint density at radius 1 is 1.59 bits per heavy atom. The Labute approximate surface area is 103 Å². The molecule has 0 aromatic carbocycles. The van der Waals surface area contributed by atoms with Crippen LogP contribution in [0.3, 0.4) is 0 Å². The summed E-state index contributed by atoms with van der Waals surface area (Å²) in [5.74, 6) is 0.689. The minimum absolute atomic E-state index is 0.0116. The highest BCUT2D eigenvalue weighted by molar-refractivity contribution is 5.65. The van der Waals surface area contributed by atoms with E-state index in [0.29, 0.717) is 25.0 Å². The van der Waals surface area contributed by atoms with E-state index in [-0.39, 0.29) is 17.5 Å². The van der Waals surface area contributed by atoms with Gasteiger partial charge in [-0.1, -0.05) is 18.6 Å². The molecule has 0 N–H and O–H groups in total. The Morgan fingerprint density at radius 3 is 2.94 bits per heavy atom. The quantitative estimate of drug-likeness (QED) is 0.548. The Morgan fingerprint density at radius 2 is 2.29 bits per heavy atom. The minimum Gasteiger partial charge on any atom is -0.465 e. The number of hydrogen-bond acceptors (Lipinski definition) is 3. The lowest BCUT2D eigenvalue weighted by atomic mass is 9.63. The van der Waals surface area contributed by atoms with Crippen LogP contribution in [0.5, 0.6) is 0 Å². The molecule has 0 aromatic heterocycles. The van der Waals surface area contributed by atoms with Gasteiger partial charge in [-0.15, -0.1) is 0 Å². The predicted octanol–water partition coefficient (Wildman–Crippen LogP) is 2.56. The van der Waals surface area contributed by atoms with Crippen LogP contribution in [0.1, 0.15) is 34.1 Å². The molecule has 0 unspecified atom stereocenters. The van der Waals surface area contributed by atoms with Crippen molar-refractivity contribution >= 4 is 5.97 Å². The van der Waals surface area contributed by atoms with Gasteiger partial charge in [-0.05, 0) is 26.2 Å². The molecule has 2 bridgehead atoms. The molecule has 0 amide bonds. The molecule has 0 spiro atoms. The lowest BCUT2D eigenvalue weighted by Gasteiger charge is -2.49. The highest BCUT2D eigenvalue weighted by Crippen LogP contribution is 2.48. The maximum atomic E-state index is 11.0. The normalized spacial score (nSPS) is 40.7. The fourth-order valence-electron chi connectivity index (χ4n) is 3.10. The van der Waals surface area contributed by atoms with Gasteiger partial charge < -0.3 is 9.47 Å². The summed E-state index contributed by atoms with van der Waals surface area (Å²) in [4.78, 5) is 11.0. The zero-order valence-electron chi connectivity index (χ0n) is 11.2. The first kappa shape index (κ1) is 12.6. The van der Waals surface area contributed by atoms with E-state index in [1.54, 1.807) is 0 Å². The molecule has 2 aliphatic rings. The molecule has 0 saturated carbocycles. The third kappa shape index (κ3) is 2.25. The summed E-state index contributed by atoms with van der Waals surface area (Å²) in [7, 11) is 0. The van der Waals surface area contributed by atoms with Gasteiger partial charge in [0.15, 0.2) is 0 Å². The lowest BCUT2D eigenvalue weighted by molar-refractivity contribution is -0.159. The Bertz CT molecular complexity index is 347. The van der Waals surface area contributed by atoms with Crippen LogP contribution >= 0.6 is 0 Å². The maximum Gasteiger partial charge on any atom is 0.302 e. The SMILES string of the molecule is CC(=O)OC[C@@]12CO[C@@H](C)[C@@H](C1)C(C)=C[C@H]2C. The molecule has 1 aliphatic carbocycles. The molecular weight excluding hydrogens is 216 g/mol. The average Bonchev–Trinajstić information content (AvgIpc) is 2.27. The third-order valence-corrected chi connectivity index (χ3v) is 4.45. The van der Waals surface area contributed by atoms with E-state index in [2.05, 4.69) is 26.8 Å². The van der Waals surface area contributed by atoms with Crippen molar-refractivity contribution in [3.05, 3.63) is 11.6 Å². The first-order valence-electron chi connectivity index (χ1n) is 6.38. The van der Waals surface area contributed by atoms with Gasteiger partial charge in [-0.2, -0.15) is 0 Å². The van der Waals surface area contributed by atoms with Crippen LogP contribution in [0, 0.1) is 17.3 Å². The fraction of sp³-hybridized carbons (Fsp3) is 0.786. The number of hydrogen-bond donors (Lipinski definition) is 0. The number of allylic oxidation sites excluding steroid dienone is 1. The molecule has 1 heterocycles. The monoisotopic (exact) mass is 238 g/mol. The van der Waals surface area contributed by atoms with Gasteiger partial charge in [-0.25, -0.2) is 0 Å². The van der Waals surface area contributed by atoms with Crippen LogP contribution < -0.4 is 0 Å². The Kier molecular flexibility index (Phi) is 3.30. The van der Waals surface area contributed by atoms with Crippen molar-refractivity contribution in [1.29, 1.82) is 0 Å². The highest BCUT2D eigenvalue weighted by atomic mass is 16.5. The molecule has 96 valence electrons. The molecule has 4 atom stereocenters. The second-order valence-electron chi connectivity index (χ2n) is 5.67. The zero-order chi connectivity index (χ0) is 12.6. The summed E-state index contributed by atoms with van der Waals surface area (Å²) in [6, 6.07) is 0. The molecule has 1 aliphatic heterocycles. The molecule has 2 rings (SSSR count). The summed E-state index contributed by atoms with van der Waals surface area (Å²) in [5, 5.41) is 0. The fourth-order valence-corrected chi connectivity index (χ4v) is 3.10. The summed E-state index contributed by atoms with van der Waals surface area (Å²) in [5.41, 5.74) is 1.41. The molecule has 3 heteroatoms. The van der Waals surface area contributed by atoms with E-state index in [0.717, 1.165) is 6.42 Å². The first-order valence-corrected chi connectivity index (χ1v) is 6.38. The van der Waals surface area contributed by atoms with Crippen molar-refractivity contribution < 1.29 is 14.3 Å². The minimum atomic E-state index is -0.201. The van der Waals surface area contributed by atoms with E-state index >= 15 is 0 Å². The topological polar surface area (TPSA) is 35.5 Å². The number of esters is 1. The summed E-state index contributed by atoms with van der Waals surface area (Å²) < 4.78 is 11.1. The second kappa shape index (κ2) is 4.45. The third-order valence-electron chi connectivity index (χ3n) is 4.45. The average molecular weight is 238 g/mol. The molecule has 3 nitrogen and oxygen atoms in total. The van der Waals surface area contributed by atoms with Crippen molar-refractivity contribution in [3.63, 3.8) is 0 Å². The highest BCUT2D eigenvalue weighted by Gasteiger charge is 2.47. The Balaban J connectivity index is 2.19. The van der Waals surface area contributed by atoms with Crippen molar-refractivity contribution in [2.45, 2.75) is 40.2 Å². The number of carbonyl (C=O) groups excluding carboxylic acids is 1. The van der Waals surface area contributed by atoms with Crippen LogP contribution in [0.4, 0.5) is 0 Å². The summed E-state index contributed by atoms with van der Waals surface area (Å²) in [6.45, 7) is 9.16. The second-order valence-corrected chi connectivity index (χ2v) is 5.67. The first-order chi connectivity index (χ1) is 7.94. The maximum absolute atomic E-state index is 11.0. The van der Waals surface area contributed by atoms with Gasteiger partial charge >= 0.3 is 5.97 Å². The van der Waals surface area contributed by atoms with E-state index in [9.17, 15) is 4.79 Å². The van der Waals surface area contributed by atoms with Gasteiger partial charge in [0.2, 0.25) is 0 Å². The standard InChI is InChI=1S/C14H22O3/c1-9-5-10(2)14(8-17-12(4)15)6-13(9)11(3)16-7-14/h5,10-11,13H,6-8H2,1-4H3/t10-,11+,13+,14+/m1/s1. The van der Waals surface area contributed by atoms with Crippen LogP contribution in [0.15, 0.2) is 11.6 Å². The van der Waals surface area contributed by atoms with Gasteiger partial charge in [0.25, 0.3) is 0 Å². The smallest absolute Gasteiger partial charge is 0.302 e. The summed E-state index contributed by atoms with van der Waals surface area (Å²) in [6.07, 6.45) is 3.69. The number of fused-ring (bicyclic) bond motifs is 2.